The molecule has 5 atom stereocenters. The highest BCUT2D eigenvalue weighted by molar-refractivity contribution is 5.99. The fourth-order valence-corrected chi connectivity index (χ4v) is 3.63. The van der Waals surface area contributed by atoms with Gasteiger partial charge in [-0.2, -0.15) is 0 Å². The Morgan fingerprint density at radius 1 is 1.00 bits per heavy atom. The molecule has 0 radical (unpaired) electrons. The van der Waals surface area contributed by atoms with E-state index in [-0.39, 0.29) is 24.4 Å². The highest BCUT2D eigenvalue weighted by Gasteiger charge is 2.54. The Labute approximate surface area is 132 Å². The van der Waals surface area contributed by atoms with Gasteiger partial charge in [0.1, 0.15) is 30.2 Å². The molecular weight excluding hydrogens is 300 g/mol. The van der Waals surface area contributed by atoms with Crippen LogP contribution >= 0.6 is 0 Å². The van der Waals surface area contributed by atoms with Crippen LogP contribution in [0.4, 0.5) is 0 Å². The summed E-state index contributed by atoms with van der Waals surface area (Å²) in [7, 11) is 0. The van der Waals surface area contributed by atoms with Crippen molar-refractivity contribution in [1.29, 1.82) is 0 Å². The number of Topliss-reactive ketones (excluding diaryl/α,β-unsaturated/α-hetero) is 1. The minimum Gasteiger partial charge on any atom is -0.486 e. The lowest BCUT2D eigenvalue weighted by atomic mass is 9.76. The highest BCUT2D eigenvalue weighted by Crippen LogP contribution is 2.45. The predicted molar refractivity (Wildman–Crippen MR) is 76.9 cm³/mol. The van der Waals surface area contributed by atoms with Gasteiger partial charge in [-0.25, -0.2) is 0 Å². The maximum atomic E-state index is 12.6. The van der Waals surface area contributed by atoms with Crippen LogP contribution in [-0.4, -0.2) is 40.3 Å². The molecule has 1 aliphatic carbocycles. The molecule has 6 heteroatoms. The number of fused-ring (bicyclic) bond motifs is 2. The number of aliphatic hydroxyl groups is 2. The summed E-state index contributed by atoms with van der Waals surface area (Å²) in [6.07, 6.45) is -3.86. The van der Waals surface area contributed by atoms with E-state index in [4.69, 9.17) is 9.47 Å². The number of hydrogen-bond donors (Lipinski definition) is 2. The van der Waals surface area contributed by atoms with Gasteiger partial charge in [-0.15, -0.1) is 0 Å². The summed E-state index contributed by atoms with van der Waals surface area (Å²) in [6.45, 7) is 0. The normalized spacial score (nSPS) is 36.2. The van der Waals surface area contributed by atoms with Crippen molar-refractivity contribution < 1.29 is 29.3 Å². The average Bonchev–Trinajstić information content (AvgIpc) is 2.94. The molecule has 0 spiro atoms. The van der Waals surface area contributed by atoms with Crippen LogP contribution in [0.5, 0.6) is 0 Å². The van der Waals surface area contributed by atoms with Gasteiger partial charge >= 0.3 is 5.97 Å². The second-order valence-electron chi connectivity index (χ2n) is 6.12. The molecule has 23 heavy (non-hydrogen) atoms. The first-order valence-corrected chi connectivity index (χ1v) is 7.60. The number of ketones is 1. The number of carbonyl (C=O) groups is 2. The first-order valence-electron chi connectivity index (χ1n) is 7.60. The monoisotopic (exact) mass is 316 g/mol. The zero-order valence-corrected chi connectivity index (χ0v) is 12.2. The van der Waals surface area contributed by atoms with E-state index in [9.17, 15) is 19.8 Å². The third-order valence-corrected chi connectivity index (χ3v) is 4.73. The van der Waals surface area contributed by atoms with Crippen molar-refractivity contribution in [2.75, 3.05) is 0 Å². The molecule has 0 bridgehead atoms. The molecule has 0 saturated carbocycles. The third kappa shape index (κ3) is 2.17. The van der Waals surface area contributed by atoms with Crippen molar-refractivity contribution in [1.82, 2.24) is 0 Å². The fourth-order valence-electron chi connectivity index (χ4n) is 3.63. The number of benzene rings is 1. The van der Waals surface area contributed by atoms with Gasteiger partial charge in [-0.05, 0) is 5.56 Å². The van der Waals surface area contributed by atoms with Crippen molar-refractivity contribution in [3.8, 4) is 0 Å². The second-order valence-corrected chi connectivity index (χ2v) is 6.12. The molecule has 1 aromatic rings. The van der Waals surface area contributed by atoms with E-state index in [0.29, 0.717) is 5.57 Å². The van der Waals surface area contributed by atoms with Crippen molar-refractivity contribution in [2.24, 2.45) is 5.92 Å². The quantitative estimate of drug-likeness (QED) is 0.739. The zero-order valence-electron chi connectivity index (χ0n) is 12.2. The molecule has 2 aliphatic heterocycles. The molecular formula is C17H16O6. The summed E-state index contributed by atoms with van der Waals surface area (Å²) in [5, 5.41) is 20.5. The van der Waals surface area contributed by atoms with Crippen LogP contribution in [0.15, 0.2) is 41.7 Å². The molecule has 1 fully saturated rings. The molecule has 3 aliphatic rings. The molecule has 4 rings (SSSR count). The lowest BCUT2D eigenvalue weighted by Crippen LogP contribution is -2.49. The lowest BCUT2D eigenvalue weighted by Gasteiger charge is -2.39. The van der Waals surface area contributed by atoms with E-state index >= 15 is 0 Å². The Morgan fingerprint density at radius 2 is 1.74 bits per heavy atom. The SMILES string of the molecule is O=C1C[C@@H]2C3=C(O[C@H](c4ccccc4)CC3=O)[C@@H](O)[C@H](O)[C@@H]2O1. The first-order chi connectivity index (χ1) is 11.1. The molecule has 0 aromatic heterocycles. The van der Waals surface area contributed by atoms with Crippen LogP contribution in [-0.2, 0) is 19.1 Å². The smallest absolute Gasteiger partial charge is 0.306 e. The fraction of sp³-hybridized carbons (Fsp3) is 0.412. The molecule has 2 N–H and O–H groups in total. The standard InChI is InChI=1S/C17H16O6/c18-10-7-11(8-4-2-1-3-5-8)22-17-13(10)9-6-12(19)23-16(9)14(20)15(17)21/h1-5,9,11,14-16,20-21H,6-7H2/t9-,11+,14+,15+,16-/m1/s1. The van der Waals surface area contributed by atoms with Crippen molar-refractivity contribution in [2.45, 2.75) is 37.3 Å². The number of aliphatic hydroxyl groups excluding tert-OH is 2. The van der Waals surface area contributed by atoms with E-state index in [0.717, 1.165) is 5.56 Å². The summed E-state index contributed by atoms with van der Waals surface area (Å²) in [5.74, 6) is -1.10. The number of esters is 1. The van der Waals surface area contributed by atoms with Crippen molar-refractivity contribution >= 4 is 11.8 Å². The first kappa shape index (κ1) is 14.4. The molecule has 2 heterocycles. The van der Waals surface area contributed by atoms with Gasteiger partial charge in [-0.1, -0.05) is 30.3 Å². The van der Waals surface area contributed by atoms with E-state index in [2.05, 4.69) is 0 Å². The maximum Gasteiger partial charge on any atom is 0.306 e. The Kier molecular flexibility index (Phi) is 3.25. The predicted octanol–water partition coefficient (Wildman–Crippen LogP) is 0.638. The van der Waals surface area contributed by atoms with E-state index in [1.54, 1.807) is 0 Å². The summed E-state index contributed by atoms with van der Waals surface area (Å²) in [4.78, 5) is 24.2. The van der Waals surface area contributed by atoms with Gasteiger partial charge in [-0.3, -0.25) is 9.59 Å². The summed E-state index contributed by atoms with van der Waals surface area (Å²) < 4.78 is 10.9. The lowest BCUT2D eigenvalue weighted by molar-refractivity contribution is -0.153. The van der Waals surface area contributed by atoms with Crippen molar-refractivity contribution in [3.63, 3.8) is 0 Å². The van der Waals surface area contributed by atoms with Crippen LogP contribution in [0, 0.1) is 5.92 Å². The zero-order chi connectivity index (χ0) is 16.1. The Morgan fingerprint density at radius 3 is 2.48 bits per heavy atom. The summed E-state index contributed by atoms with van der Waals surface area (Å²) >= 11 is 0. The molecule has 6 nitrogen and oxygen atoms in total. The van der Waals surface area contributed by atoms with Crippen LogP contribution in [0.3, 0.4) is 0 Å². The van der Waals surface area contributed by atoms with Crippen LogP contribution in [0.25, 0.3) is 0 Å². The van der Waals surface area contributed by atoms with E-state index in [1.165, 1.54) is 0 Å². The largest absolute Gasteiger partial charge is 0.486 e. The molecule has 1 aromatic carbocycles. The minimum atomic E-state index is -1.37. The Bertz CT molecular complexity index is 694. The summed E-state index contributed by atoms with van der Waals surface area (Å²) in [5.41, 5.74) is 1.13. The highest BCUT2D eigenvalue weighted by atomic mass is 16.6. The number of ether oxygens (including phenoxy) is 2. The van der Waals surface area contributed by atoms with E-state index in [1.807, 2.05) is 30.3 Å². The van der Waals surface area contributed by atoms with Crippen LogP contribution in [0.1, 0.15) is 24.5 Å². The average molecular weight is 316 g/mol. The number of hydrogen-bond acceptors (Lipinski definition) is 6. The molecule has 1 saturated heterocycles. The second kappa shape index (κ2) is 5.18. The van der Waals surface area contributed by atoms with Crippen LogP contribution < -0.4 is 0 Å². The molecule has 0 amide bonds. The van der Waals surface area contributed by atoms with Gasteiger partial charge in [0.2, 0.25) is 0 Å². The topological polar surface area (TPSA) is 93.1 Å². The summed E-state index contributed by atoms with van der Waals surface area (Å²) in [6, 6.07) is 9.25. The van der Waals surface area contributed by atoms with Gasteiger partial charge in [0.25, 0.3) is 0 Å². The van der Waals surface area contributed by atoms with Crippen molar-refractivity contribution in [3.05, 3.63) is 47.2 Å². The number of rotatable bonds is 1. The van der Waals surface area contributed by atoms with Crippen LogP contribution in [0.2, 0.25) is 0 Å². The minimum absolute atomic E-state index is 0.0262. The Hall–Kier alpha value is -2.18. The molecule has 120 valence electrons. The maximum absolute atomic E-state index is 12.6. The van der Waals surface area contributed by atoms with Gasteiger partial charge in [0.05, 0.1) is 12.8 Å². The molecule has 0 unspecified atom stereocenters. The number of carbonyl (C=O) groups excluding carboxylic acids is 2. The third-order valence-electron chi connectivity index (χ3n) is 4.73. The van der Waals surface area contributed by atoms with E-state index < -0.39 is 36.3 Å². The van der Waals surface area contributed by atoms with Gasteiger partial charge in [0, 0.05) is 11.5 Å². The Balaban J connectivity index is 1.73. The van der Waals surface area contributed by atoms with Gasteiger partial charge in [0.15, 0.2) is 5.78 Å². The van der Waals surface area contributed by atoms with Gasteiger partial charge < -0.3 is 19.7 Å².